The predicted molar refractivity (Wildman–Crippen MR) is 319 cm³/mol. The molecule has 0 amide bonds. The number of nitrogens with zero attached hydrogens (tertiary/aromatic N) is 10. The van der Waals surface area contributed by atoms with Crippen LogP contribution in [0.25, 0.3) is 149 Å². The van der Waals surface area contributed by atoms with Gasteiger partial charge in [0.25, 0.3) is 0 Å². The summed E-state index contributed by atoms with van der Waals surface area (Å²) in [6.45, 7) is 0. The SMILES string of the molecule is N#Cc1ccc(-c2c(-n3c4ccccc4c4ncccc43)c(-n3c4ccccc4c4ccccc43)c(-n3c4ccccc4c4ncccc43)c(-n3c4ccccc4c4ccccc43)c2-n2c3ccccc3c3ncccc32)nc1. The molecule has 8 aromatic carbocycles. The molecule has 0 atom stereocenters. The van der Waals surface area contributed by atoms with E-state index in [1.807, 2.05) is 48.9 Å². The van der Waals surface area contributed by atoms with Gasteiger partial charge in [0.15, 0.2) is 0 Å². The van der Waals surface area contributed by atoms with E-state index in [-0.39, 0.29) is 0 Å². The fourth-order valence-electron chi connectivity index (χ4n) is 13.0. The van der Waals surface area contributed by atoms with Gasteiger partial charge in [-0.15, -0.1) is 0 Å². The van der Waals surface area contributed by atoms with Crippen LogP contribution in [0.15, 0.2) is 243 Å². The molecule has 17 aromatic rings. The highest BCUT2D eigenvalue weighted by Crippen LogP contribution is 2.53. The Balaban J connectivity index is 1.30. The van der Waals surface area contributed by atoms with Gasteiger partial charge in [-0.2, -0.15) is 5.26 Å². The molecule has 0 aliphatic heterocycles. The van der Waals surface area contributed by atoms with Crippen molar-refractivity contribution in [3.8, 4) is 45.8 Å². The molecule has 366 valence electrons. The number of rotatable bonds is 6. The Hall–Kier alpha value is -11.2. The molecule has 79 heavy (non-hydrogen) atoms. The molecule has 0 unspecified atom stereocenters. The summed E-state index contributed by atoms with van der Waals surface area (Å²) in [6, 6.07) is 79.8. The van der Waals surface area contributed by atoms with Crippen molar-refractivity contribution in [1.29, 1.82) is 5.26 Å². The van der Waals surface area contributed by atoms with E-state index < -0.39 is 0 Å². The van der Waals surface area contributed by atoms with Crippen LogP contribution in [-0.4, -0.2) is 42.8 Å². The molecule has 0 saturated heterocycles. The average molecular weight is 1010 g/mol. The summed E-state index contributed by atoms with van der Waals surface area (Å²) in [5, 5.41) is 18.0. The maximum absolute atomic E-state index is 10.5. The summed E-state index contributed by atoms with van der Waals surface area (Å²) in [5.74, 6) is 0. The maximum atomic E-state index is 10.5. The van der Waals surface area contributed by atoms with Crippen molar-refractivity contribution >= 4 is 109 Å². The van der Waals surface area contributed by atoms with E-state index in [1.54, 1.807) is 6.20 Å². The summed E-state index contributed by atoms with van der Waals surface area (Å²) in [7, 11) is 0. The van der Waals surface area contributed by atoms with Crippen LogP contribution in [0.2, 0.25) is 0 Å². The van der Waals surface area contributed by atoms with Gasteiger partial charge in [-0.25, -0.2) is 0 Å². The highest BCUT2D eigenvalue weighted by atomic mass is 15.2. The molecule has 0 spiro atoms. The van der Waals surface area contributed by atoms with Gasteiger partial charge >= 0.3 is 0 Å². The monoisotopic (exact) mass is 1010 g/mol. The van der Waals surface area contributed by atoms with Crippen molar-refractivity contribution in [2.75, 3.05) is 0 Å². The van der Waals surface area contributed by atoms with Gasteiger partial charge in [0, 0.05) is 62.5 Å². The molecule has 0 aliphatic rings. The fourth-order valence-corrected chi connectivity index (χ4v) is 13.0. The Morgan fingerprint density at radius 3 is 0.873 bits per heavy atom. The normalized spacial score (nSPS) is 12.0. The lowest BCUT2D eigenvalue weighted by molar-refractivity contribution is 0.998. The molecular weight excluding hydrogens is 969 g/mol. The number of nitriles is 1. The first kappa shape index (κ1) is 43.1. The number of aromatic nitrogens is 9. The fraction of sp³-hybridized carbons (Fsp3) is 0. The van der Waals surface area contributed by atoms with Crippen LogP contribution < -0.4 is 0 Å². The van der Waals surface area contributed by atoms with Crippen molar-refractivity contribution in [1.82, 2.24) is 42.8 Å². The molecular formula is C69H40N10. The highest BCUT2D eigenvalue weighted by molar-refractivity contribution is 6.18. The Morgan fingerprint density at radius 2 is 0.544 bits per heavy atom. The molecule has 10 heteroatoms. The third-order valence-corrected chi connectivity index (χ3v) is 16.1. The minimum atomic E-state index is 0.452. The number of pyridine rings is 4. The first-order valence-corrected chi connectivity index (χ1v) is 26.4. The smallest absolute Gasteiger partial charge is 0.101 e. The van der Waals surface area contributed by atoms with Gasteiger partial charge < -0.3 is 22.8 Å². The largest absolute Gasteiger partial charge is 0.305 e. The summed E-state index contributed by atoms with van der Waals surface area (Å²) in [6.07, 6.45) is 7.37. The lowest BCUT2D eigenvalue weighted by atomic mass is 9.97. The van der Waals surface area contributed by atoms with Crippen LogP contribution in [0.1, 0.15) is 5.56 Å². The first-order chi connectivity index (χ1) is 39.2. The van der Waals surface area contributed by atoms with E-state index in [4.69, 9.17) is 19.9 Å². The van der Waals surface area contributed by atoms with Crippen LogP contribution in [0.4, 0.5) is 0 Å². The molecule has 0 saturated carbocycles. The predicted octanol–water partition coefficient (Wildman–Crippen LogP) is 16.3. The highest BCUT2D eigenvalue weighted by Gasteiger charge is 2.37. The summed E-state index contributed by atoms with van der Waals surface area (Å²) in [5.41, 5.74) is 18.6. The Morgan fingerprint density at radius 1 is 0.266 bits per heavy atom. The lowest BCUT2D eigenvalue weighted by Gasteiger charge is -2.31. The van der Waals surface area contributed by atoms with Crippen LogP contribution in [0, 0.1) is 11.3 Å². The van der Waals surface area contributed by atoms with Crippen LogP contribution in [-0.2, 0) is 0 Å². The second-order valence-electron chi connectivity index (χ2n) is 20.1. The van der Waals surface area contributed by atoms with Crippen molar-refractivity contribution in [3.63, 3.8) is 0 Å². The van der Waals surface area contributed by atoms with Gasteiger partial charge in [0.05, 0.1) is 117 Å². The van der Waals surface area contributed by atoms with E-state index in [1.165, 1.54) is 0 Å². The second-order valence-corrected chi connectivity index (χ2v) is 20.1. The molecule has 0 aliphatic carbocycles. The number of para-hydroxylation sites is 7. The molecule has 0 radical (unpaired) electrons. The molecule has 9 heterocycles. The number of hydrogen-bond acceptors (Lipinski definition) is 5. The standard InChI is InChI=1S/C69H40N10/c70-40-42-35-36-50(74-41-42)61-65(77-55-29-12-5-22-47(55)62-58(77)32-15-37-71-62)67(75-51-25-8-1-18-43(51)44-19-2-9-26-52(44)75)69(79-57-31-14-7-24-49(57)64-60(79)34-17-39-73-64)68(76-53-27-10-3-20-45(53)46-21-4-11-28-54(46)76)66(61)78-56-30-13-6-23-48(56)63-59(78)33-16-38-72-63/h1-39,41H. The van der Waals surface area contributed by atoms with Crippen molar-refractivity contribution in [2.24, 2.45) is 0 Å². The molecule has 9 aromatic heterocycles. The zero-order valence-electron chi connectivity index (χ0n) is 42.1. The number of benzene rings is 8. The molecule has 0 N–H and O–H groups in total. The van der Waals surface area contributed by atoms with Crippen molar-refractivity contribution < 1.29 is 0 Å². The van der Waals surface area contributed by atoms with Gasteiger partial charge in [-0.05, 0) is 91.0 Å². The molecule has 0 fully saturated rings. The minimum Gasteiger partial charge on any atom is -0.305 e. The summed E-state index contributed by atoms with van der Waals surface area (Å²) in [4.78, 5) is 21.1. The summed E-state index contributed by atoms with van der Waals surface area (Å²) < 4.78 is 12.3. The third-order valence-electron chi connectivity index (χ3n) is 16.1. The van der Waals surface area contributed by atoms with Crippen molar-refractivity contribution in [2.45, 2.75) is 0 Å². The lowest BCUT2D eigenvalue weighted by Crippen LogP contribution is -2.18. The zero-order chi connectivity index (χ0) is 51.9. The quantitative estimate of drug-likeness (QED) is 0.165. The number of hydrogen-bond donors (Lipinski definition) is 0. The third kappa shape index (κ3) is 5.87. The van der Waals surface area contributed by atoms with Crippen LogP contribution >= 0.6 is 0 Å². The Bertz CT molecular complexity index is 4950. The van der Waals surface area contributed by atoms with Gasteiger partial charge in [0.1, 0.15) is 6.07 Å². The summed E-state index contributed by atoms with van der Waals surface area (Å²) >= 11 is 0. The first-order valence-electron chi connectivity index (χ1n) is 26.4. The topological polar surface area (TPSA) is 100 Å². The minimum absolute atomic E-state index is 0.452. The molecule has 17 rings (SSSR count). The zero-order valence-corrected chi connectivity index (χ0v) is 42.1. The van der Waals surface area contributed by atoms with Gasteiger partial charge in [-0.1, -0.05) is 127 Å². The van der Waals surface area contributed by atoms with E-state index in [9.17, 15) is 5.26 Å². The van der Waals surface area contributed by atoms with Gasteiger partial charge in [-0.3, -0.25) is 19.9 Å². The van der Waals surface area contributed by atoms with Crippen molar-refractivity contribution in [3.05, 3.63) is 249 Å². The van der Waals surface area contributed by atoms with E-state index >= 15 is 0 Å². The van der Waals surface area contributed by atoms with Gasteiger partial charge in [0.2, 0.25) is 0 Å². The van der Waals surface area contributed by atoms with E-state index in [0.29, 0.717) is 11.3 Å². The Labute approximate surface area is 449 Å². The van der Waals surface area contributed by atoms with Crippen LogP contribution in [0.5, 0.6) is 0 Å². The molecule has 10 nitrogen and oxygen atoms in total. The molecule has 0 bridgehead atoms. The average Bonchev–Trinajstić information content (AvgIpc) is 3.47. The Kier molecular flexibility index (Phi) is 8.97. The van der Waals surface area contributed by atoms with E-state index in [2.05, 4.69) is 217 Å². The second kappa shape index (κ2) is 16.4. The number of fused-ring (bicyclic) bond motifs is 15. The van der Waals surface area contributed by atoms with E-state index in [0.717, 1.165) is 143 Å². The van der Waals surface area contributed by atoms with Crippen LogP contribution in [0.3, 0.4) is 0 Å². The maximum Gasteiger partial charge on any atom is 0.101 e.